The molecule has 10 heteroatoms. The second-order valence-electron chi connectivity index (χ2n) is 5.07. The van der Waals surface area contributed by atoms with Crippen molar-refractivity contribution in [2.45, 2.75) is 6.18 Å². The Morgan fingerprint density at radius 2 is 1.73 bits per heavy atom. The van der Waals surface area contributed by atoms with Crippen LogP contribution in [0.3, 0.4) is 0 Å². The molecule has 0 atom stereocenters. The molecule has 26 heavy (non-hydrogen) atoms. The van der Waals surface area contributed by atoms with Crippen molar-refractivity contribution in [3.8, 4) is 11.5 Å². The van der Waals surface area contributed by atoms with Crippen molar-refractivity contribution in [2.24, 2.45) is 0 Å². The second-order valence-corrected chi connectivity index (χ2v) is 5.91. The number of benzene rings is 2. The molecule has 0 saturated carbocycles. The minimum Gasteiger partial charge on any atom is -0.403 e. The molecule has 5 nitrogen and oxygen atoms in total. The van der Waals surface area contributed by atoms with Crippen LogP contribution >= 0.6 is 23.2 Å². The van der Waals surface area contributed by atoms with Gasteiger partial charge in [-0.05, 0) is 42.5 Å². The zero-order valence-corrected chi connectivity index (χ0v) is 14.2. The predicted octanol–water partition coefficient (Wildman–Crippen LogP) is 5.31. The lowest BCUT2D eigenvalue weighted by atomic mass is 10.1. The second kappa shape index (κ2) is 6.97. The molecule has 134 valence electrons. The molecule has 0 radical (unpaired) electrons. The molecule has 1 N–H and O–H groups in total. The van der Waals surface area contributed by atoms with Gasteiger partial charge in [0.2, 0.25) is 0 Å². The Balaban J connectivity index is 1.75. The fourth-order valence-electron chi connectivity index (χ4n) is 2.03. The normalized spacial score (nSPS) is 11.4. The number of hydrogen-bond donors (Lipinski definition) is 1. The molecule has 3 rings (SSSR count). The van der Waals surface area contributed by atoms with E-state index < -0.39 is 17.6 Å². The third-order valence-electron chi connectivity index (χ3n) is 3.28. The Morgan fingerprint density at radius 3 is 2.35 bits per heavy atom. The maximum absolute atomic E-state index is 12.5. The molecule has 0 aliphatic heterocycles. The molecule has 1 heterocycles. The largest absolute Gasteiger partial charge is 0.416 e. The fourth-order valence-corrected chi connectivity index (χ4v) is 2.51. The summed E-state index contributed by atoms with van der Waals surface area (Å²) in [6.45, 7) is 0. The van der Waals surface area contributed by atoms with Crippen LogP contribution in [-0.4, -0.2) is 16.1 Å². The van der Waals surface area contributed by atoms with E-state index in [1.165, 1.54) is 6.07 Å². The van der Waals surface area contributed by atoms with Crippen LogP contribution in [0.5, 0.6) is 0 Å². The zero-order valence-electron chi connectivity index (χ0n) is 12.6. The maximum Gasteiger partial charge on any atom is 0.416 e. The number of carbonyl (C=O) groups is 1. The SMILES string of the molecule is O=C(Nc1nnc(-c2ccc(Cl)cc2Cl)o1)c1ccc(C(F)(F)F)cc1. The summed E-state index contributed by atoms with van der Waals surface area (Å²) in [6.07, 6.45) is -4.48. The smallest absolute Gasteiger partial charge is 0.403 e. The highest BCUT2D eigenvalue weighted by molar-refractivity contribution is 6.36. The Morgan fingerprint density at radius 1 is 1.04 bits per heavy atom. The van der Waals surface area contributed by atoms with Gasteiger partial charge in [0.25, 0.3) is 11.8 Å². The molecular weight excluding hydrogens is 394 g/mol. The molecule has 0 aliphatic carbocycles. The Hall–Kier alpha value is -2.58. The summed E-state index contributed by atoms with van der Waals surface area (Å²) in [5.41, 5.74) is -0.438. The van der Waals surface area contributed by atoms with E-state index in [1.54, 1.807) is 12.1 Å². The standard InChI is InChI=1S/C16H8Cl2F3N3O2/c17-10-5-6-11(12(18)7-10)14-23-24-15(26-14)22-13(25)8-1-3-9(4-2-8)16(19,20)21/h1-7H,(H,22,24,25). The number of rotatable bonds is 3. The average Bonchev–Trinajstić information content (AvgIpc) is 3.02. The molecule has 0 bridgehead atoms. The lowest BCUT2D eigenvalue weighted by Gasteiger charge is -2.07. The van der Waals surface area contributed by atoms with Crippen LogP contribution in [0.2, 0.25) is 10.0 Å². The van der Waals surface area contributed by atoms with E-state index in [0.717, 1.165) is 24.3 Å². The number of hydrogen-bond acceptors (Lipinski definition) is 4. The molecule has 1 amide bonds. The third-order valence-corrected chi connectivity index (χ3v) is 3.83. The highest BCUT2D eigenvalue weighted by Crippen LogP contribution is 2.31. The number of anilines is 1. The van der Waals surface area contributed by atoms with Gasteiger partial charge < -0.3 is 4.42 Å². The molecule has 2 aromatic carbocycles. The highest BCUT2D eigenvalue weighted by Gasteiger charge is 2.30. The van der Waals surface area contributed by atoms with Gasteiger partial charge in [0.15, 0.2) is 0 Å². The van der Waals surface area contributed by atoms with E-state index in [-0.39, 0.29) is 22.5 Å². The van der Waals surface area contributed by atoms with Crippen molar-refractivity contribution in [3.05, 3.63) is 63.6 Å². The van der Waals surface area contributed by atoms with Gasteiger partial charge in [0.1, 0.15) is 0 Å². The van der Waals surface area contributed by atoms with Crippen LogP contribution in [0.1, 0.15) is 15.9 Å². The van der Waals surface area contributed by atoms with Crippen LogP contribution in [0.4, 0.5) is 19.2 Å². The number of alkyl halides is 3. The molecule has 0 aliphatic rings. The number of nitrogens with one attached hydrogen (secondary N) is 1. The van der Waals surface area contributed by atoms with Crippen LogP contribution < -0.4 is 5.32 Å². The molecule has 3 aromatic rings. The first-order chi connectivity index (χ1) is 12.2. The van der Waals surface area contributed by atoms with Crippen molar-refractivity contribution < 1.29 is 22.4 Å². The summed E-state index contributed by atoms with van der Waals surface area (Å²) >= 11 is 11.8. The van der Waals surface area contributed by atoms with Gasteiger partial charge in [-0.1, -0.05) is 28.3 Å². The Kier molecular flexibility index (Phi) is 4.88. The van der Waals surface area contributed by atoms with Crippen molar-refractivity contribution >= 4 is 35.1 Å². The summed E-state index contributed by atoms with van der Waals surface area (Å²) in [7, 11) is 0. The van der Waals surface area contributed by atoms with E-state index in [0.29, 0.717) is 10.6 Å². The molecule has 0 unspecified atom stereocenters. The van der Waals surface area contributed by atoms with Gasteiger partial charge in [-0.2, -0.15) is 13.2 Å². The predicted molar refractivity (Wildman–Crippen MR) is 89.2 cm³/mol. The highest BCUT2D eigenvalue weighted by atomic mass is 35.5. The summed E-state index contributed by atoms with van der Waals surface area (Å²) in [6, 6.07) is 8.12. The zero-order chi connectivity index (χ0) is 18.9. The van der Waals surface area contributed by atoms with E-state index in [2.05, 4.69) is 15.5 Å². The minimum atomic E-state index is -4.48. The van der Waals surface area contributed by atoms with E-state index in [4.69, 9.17) is 27.6 Å². The molecule has 1 aromatic heterocycles. The fraction of sp³-hybridized carbons (Fsp3) is 0.0625. The van der Waals surface area contributed by atoms with Gasteiger partial charge in [-0.15, -0.1) is 5.10 Å². The van der Waals surface area contributed by atoms with Gasteiger partial charge in [-0.25, -0.2) is 0 Å². The first-order valence-electron chi connectivity index (χ1n) is 7.01. The molecule has 0 saturated heterocycles. The average molecular weight is 402 g/mol. The lowest BCUT2D eigenvalue weighted by Crippen LogP contribution is -2.13. The first-order valence-corrected chi connectivity index (χ1v) is 7.77. The Labute approximate surface area is 154 Å². The summed E-state index contributed by atoms with van der Waals surface area (Å²) in [4.78, 5) is 12.1. The van der Waals surface area contributed by atoms with Crippen LogP contribution in [0.25, 0.3) is 11.5 Å². The van der Waals surface area contributed by atoms with Crippen molar-refractivity contribution in [1.82, 2.24) is 10.2 Å². The molecule has 0 spiro atoms. The molecule has 0 fully saturated rings. The monoisotopic (exact) mass is 401 g/mol. The summed E-state index contributed by atoms with van der Waals surface area (Å²) < 4.78 is 42.9. The van der Waals surface area contributed by atoms with Crippen molar-refractivity contribution in [3.63, 3.8) is 0 Å². The maximum atomic E-state index is 12.5. The number of nitrogens with zero attached hydrogens (tertiary/aromatic N) is 2. The van der Waals surface area contributed by atoms with Crippen LogP contribution in [0.15, 0.2) is 46.9 Å². The minimum absolute atomic E-state index is 0.00211. The molecular formula is C16H8Cl2F3N3O2. The number of aromatic nitrogens is 2. The lowest BCUT2D eigenvalue weighted by molar-refractivity contribution is -0.137. The topological polar surface area (TPSA) is 68.0 Å². The Bertz CT molecular complexity index is 956. The van der Waals surface area contributed by atoms with Crippen LogP contribution in [0, 0.1) is 0 Å². The van der Waals surface area contributed by atoms with Crippen molar-refractivity contribution in [1.29, 1.82) is 0 Å². The van der Waals surface area contributed by atoms with Gasteiger partial charge in [0.05, 0.1) is 16.1 Å². The number of halogens is 5. The van der Waals surface area contributed by atoms with E-state index in [9.17, 15) is 18.0 Å². The van der Waals surface area contributed by atoms with Crippen LogP contribution in [-0.2, 0) is 6.18 Å². The number of amides is 1. The summed E-state index contributed by atoms with van der Waals surface area (Å²) in [5, 5.41) is 10.4. The van der Waals surface area contributed by atoms with Gasteiger partial charge in [-0.3, -0.25) is 10.1 Å². The quantitative estimate of drug-likeness (QED) is 0.645. The van der Waals surface area contributed by atoms with Gasteiger partial charge in [0, 0.05) is 10.6 Å². The van der Waals surface area contributed by atoms with E-state index in [1.807, 2.05) is 0 Å². The van der Waals surface area contributed by atoms with Crippen molar-refractivity contribution in [2.75, 3.05) is 5.32 Å². The first kappa shape index (κ1) is 18.2. The van der Waals surface area contributed by atoms with Gasteiger partial charge >= 0.3 is 12.2 Å². The number of carbonyl (C=O) groups excluding carboxylic acids is 1. The van der Waals surface area contributed by atoms with E-state index >= 15 is 0 Å². The summed E-state index contributed by atoms with van der Waals surface area (Å²) in [5.74, 6) is -0.648. The third kappa shape index (κ3) is 3.97.